The van der Waals surface area contributed by atoms with E-state index in [1.807, 2.05) is 0 Å². The number of thiazole rings is 1. The van der Waals surface area contributed by atoms with Crippen LogP contribution in [0, 0.1) is 12.8 Å². The lowest BCUT2D eigenvalue weighted by Crippen LogP contribution is -2.11. The van der Waals surface area contributed by atoms with Crippen molar-refractivity contribution < 1.29 is 0 Å². The molecule has 1 heterocycles. The van der Waals surface area contributed by atoms with Gasteiger partial charge in [0.15, 0.2) is 0 Å². The van der Waals surface area contributed by atoms with Crippen LogP contribution in [0.3, 0.4) is 0 Å². The molecule has 1 aliphatic carbocycles. The van der Waals surface area contributed by atoms with Crippen molar-refractivity contribution in [3.63, 3.8) is 0 Å². The van der Waals surface area contributed by atoms with E-state index in [0.717, 1.165) is 12.3 Å². The summed E-state index contributed by atoms with van der Waals surface area (Å²) in [7, 11) is 0. The van der Waals surface area contributed by atoms with Crippen molar-refractivity contribution in [3.05, 3.63) is 16.1 Å². The first kappa shape index (κ1) is 11.6. The van der Waals surface area contributed by atoms with E-state index in [9.17, 15) is 0 Å². The summed E-state index contributed by atoms with van der Waals surface area (Å²) >= 11 is 5.61. The summed E-state index contributed by atoms with van der Waals surface area (Å²) in [6, 6.07) is 0. The highest BCUT2D eigenvalue weighted by Gasteiger charge is 2.22. The number of aryl methyl sites for hydroxylation is 2. The minimum atomic E-state index is 0.710. The minimum Gasteiger partial charge on any atom is -0.247 e. The number of nitrogens with zero attached hydrogens (tertiary/aromatic N) is 1. The smallest absolute Gasteiger partial charge is 0.0897 e. The van der Waals surface area contributed by atoms with Crippen molar-refractivity contribution >= 4 is 27.3 Å². The highest BCUT2D eigenvalue weighted by molar-refractivity contribution is 9.09. The summed E-state index contributed by atoms with van der Waals surface area (Å²) in [5.74, 6) is 0.921. The Kier molecular flexibility index (Phi) is 4.21. The van der Waals surface area contributed by atoms with Crippen LogP contribution in [0.5, 0.6) is 0 Å². The average molecular weight is 288 g/mol. The van der Waals surface area contributed by atoms with Gasteiger partial charge in [0.1, 0.15) is 0 Å². The topological polar surface area (TPSA) is 12.9 Å². The third-order valence-electron chi connectivity index (χ3n) is 3.25. The van der Waals surface area contributed by atoms with Crippen LogP contribution in [0.1, 0.15) is 42.8 Å². The third kappa shape index (κ3) is 3.28. The summed E-state index contributed by atoms with van der Waals surface area (Å²) in [5, 5.41) is 3.39. The van der Waals surface area contributed by atoms with Gasteiger partial charge in [0.2, 0.25) is 0 Å². The Balaban J connectivity index is 1.77. The van der Waals surface area contributed by atoms with Crippen molar-refractivity contribution in [3.8, 4) is 0 Å². The Morgan fingerprint density at radius 2 is 2.27 bits per heavy atom. The second-order valence-electron chi connectivity index (χ2n) is 4.46. The van der Waals surface area contributed by atoms with Crippen molar-refractivity contribution in [1.82, 2.24) is 4.98 Å². The van der Waals surface area contributed by atoms with E-state index >= 15 is 0 Å². The molecule has 1 aliphatic rings. The molecule has 0 spiro atoms. The second kappa shape index (κ2) is 5.44. The van der Waals surface area contributed by atoms with E-state index in [4.69, 9.17) is 0 Å². The lowest BCUT2D eigenvalue weighted by molar-refractivity contribution is 0.504. The molecular weight excluding hydrogens is 270 g/mol. The number of hydrogen-bond donors (Lipinski definition) is 0. The van der Waals surface area contributed by atoms with Gasteiger partial charge in [-0.25, -0.2) is 4.98 Å². The molecule has 84 valence electrons. The number of hydrogen-bond acceptors (Lipinski definition) is 2. The van der Waals surface area contributed by atoms with E-state index in [-0.39, 0.29) is 0 Å². The molecule has 0 radical (unpaired) electrons. The van der Waals surface area contributed by atoms with Crippen LogP contribution in [-0.2, 0) is 6.42 Å². The number of rotatable bonds is 4. The fourth-order valence-corrected chi connectivity index (χ4v) is 3.77. The van der Waals surface area contributed by atoms with E-state index < -0.39 is 0 Å². The molecule has 0 N–H and O–H groups in total. The number of alkyl halides is 1. The lowest BCUT2D eigenvalue weighted by atomic mass is 10.00. The molecule has 0 aromatic carbocycles. The normalized spacial score (nSPS) is 19.6. The van der Waals surface area contributed by atoms with Crippen LogP contribution in [0.15, 0.2) is 5.38 Å². The summed E-state index contributed by atoms with van der Waals surface area (Å²) in [5.41, 5.74) is 1.28. The summed E-state index contributed by atoms with van der Waals surface area (Å²) in [4.78, 5) is 5.22. The zero-order valence-corrected chi connectivity index (χ0v) is 11.6. The van der Waals surface area contributed by atoms with Crippen LogP contribution in [0.4, 0.5) is 0 Å². The van der Waals surface area contributed by atoms with Crippen molar-refractivity contribution in [2.45, 2.75) is 50.3 Å². The van der Waals surface area contributed by atoms with Crippen LogP contribution >= 0.6 is 27.3 Å². The molecule has 1 nitrogen and oxygen atoms in total. The van der Waals surface area contributed by atoms with Crippen LogP contribution in [0.25, 0.3) is 0 Å². The van der Waals surface area contributed by atoms with Gasteiger partial charge in [-0.3, -0.25) is 0 Å². The van der Waals surface area contributed by atoms with Gasteiger partial charge < -0.3 is 0 Å². The fourth-order valence-electron chi connectivity index (χ4n) is 2.36. The first-order chi connectivity index (χ1) is 7.25. The summed E-state index contributed by atoms with van der Waals surface area (Å²) < 4.78 is 0. The molecule has 0 bridgehead atoms. The van der Waals surface area contributed by atoms with Gasteiger partial charge in [-0.15, -0.1) is 11.3 Å². The van der Waals surface area contributed by atoms with Crippen LogP contribution < -0.4 is 0 Å². The van der Waals surface area contributed by atoms with E-state index in [0.29, 0.717) is 4.83 Å². The third-order valence-corrected chi connectivity index (χ3v) is 5.28. The summed E-state index contributed by atoms with van der Waals surface area (Å²) in [6.07, 6.45) is 8.09. The van der Waals surface area contributed by atoms with Gasteiger partial charge in [0.25, 0.3) is 0 Å². The largest absolute Gasteiger partial charge is 0.247 e. The number of aromatic nitrogens is 1. The first-order valence-electron chi connectivity index (χ1n) is 5.81. The molecule has 1 saturated carbocycles. The minimum absolute atomic E-state index is 0.710. The first-order valence-corrected chi connectivity index (χ1v) is 7.60. The lowest BCUT2D eigenvalue weighted by Gasteiger charge is -2.15. The Bertz CT molecular complexity index is 304. The average Bonchev–Trinajstić information content (AvgIpc) is 2.84. The van der Waals surface area contributed by atoms with Crippen LogP contribution in [-0.4, -0.2) is 9.81 Å². The van der Waals surface area contributed by atoms with Gasteiger partial charge in [0, 0.05) is 10.2 Å². The van der Waals surface area contributed by atoms with E-state index in [1.165, 1.54) is 42.8 Å². The number of halogens is 1. The van der Waals surface area contributed by atoms with Crippen molar-refractivity contribution in [1.29, 1.82) is 0 Å². The molecule has 1 fully saturated rings. The van der Waals surface area contributed by atoms with Gasteiger partial charge in [-0.05, 0) is 38.5 Å². The molecule has 1 unspecified atom stereocenters. The molecule has 3 heteroatoms. The van der Waals surface area contributed by atoms with Crippen LogP contribution in [0.2, 0.25) is 0 Å². The molecule has 2 rings (SSSR count). The Hall–Kier alpha value is 0.110. The Morgan fingerprint density at radius 3 is 2.87 bits per heavy atom. The van der Waals surface area contributed by atoms with E-state index in [2.05, 4.69) is 33.2 Å². The van der Waals surface area contributed by atoms with Crippen molar-refractivity contribution in [2.24, 2.45) is 5.92 Å². The molecule has 0 aliphatic heterocycles. The molecule has 0 saturated heterocycles. The zero-order chi connectivity index (χ0) is 10.7. The SMILES string of the molecule is Cc1nc(CCC(Br)C2CCCC2)cs1. The van der Waals surface area contributed by atoms with Gasteiger partial charge >= 0.3 is 0 Å². The quantitative estimate of drug-likeness (QED) is 0.751. The maximum absolute atomic E-state index is 4.51. The highest BCUT2D eigenvalue weighted by Crippen LogP contribution is 2.33. The standard InChI is InChI=1S/C12H18BrNS/c1-9-14-11(8-15-9)6-7-12(13)10-4-2-3-5-10/h8,10,12H,2-7H2,1H3. The van der Waals surface area contributed by atoms with E-state index in [1.54, 1.807) is 11.3 Å². The monoisotopic (exact) mass is 287 g/mol. The summed E-state index contributed by atoms with van der Waals surface area (Å²) in [6.45, 7) is 2.08. The fraction of sp³-hybridized carbons (Fsp3) is 0.750. The van der Waals surface area contributed by atoms with Gasteiger partial charge in [-0.1, -0.05) is 28.8 Å². The molecule has 1 aromatic rings. The highest BCUT2D eigenvalue weighted by atomic mass is 79.9. The second-order valence-corrected chi connectivity index (χ2v) is 6.70. The maximum atomic E-state index is 4.51. The van der Waals surface area contributed by atoms with Gasteiger partial charge in [-0.2, -0.15) is 0 Å². The maximum Gasteiger partial charge on any atom is 0.0897 e. The zero-order valence-electron chi connectivity index (χ0n) is 9.21. The predicted molar refractivity (Wildman–Crippen MR) is 69.8 cm³/mol. The molecular formula is C12H18BrNS. The molecule has 0 amide bonds. The Morgan fingerprint density at radius 1 is 1.53 bits per heavy atom. The van der Waals surface area contributed by atoms with Gasteiger partial charge in [0.05, 0.1) is 10.7 Å². The molecule has 1 aromatic heterocycles. The van der Waals surface area contributed by atoms with Crippen molar-refractivity contribution in [2.75, 3.05) is 0 Å². The predicted octanol–water partition coefficient (Wildman–Crippen LogP) is 4.34. The molecule has 1 atom stereocenters. The Labute approximate surface area is 104 Å². The molecule has 15 heavy (non-hydrogen) atoms.